The standard InChI is InChI=1S/C42H49N5O7S/c1-25(2)33-24-55-39(44-33)32-20-36(31-16-17-35(53-5)26(3)37(31)43-32)54-30-19-34-38(48)45-42(40(49)50)21-28(42)11-9-7-6-8-10-18-46(41(51)47(34)23-30)22-27-12-14-29(52-4)15-13-27/h9,11-17,20,24-25,28,30,34H,6-8,10,18-19,21-23H2,1-5H3,(H,45,48)(H,49,50)/b11-9-/t28-,30-,34+,42-/m1/s1. The monoisotopic (exact) mass is 767 g/mol. The number of methoxy groups -OCH3 is 2. The number of aromatic nitrogens is 2. The molecule has 3 aliphatic rings. The molecule has 0 radical (unpaired) electrons. The molecule has 2 aromatic heterocycles. The molecule has 0 bridgehead atoms. The Morgan fingerprint density at radius 3 is 2.56 bits per heavy atom. The normalized spacial score (nSPS) is 23.7. The van der Waals surface area contributed by atoms with Crippen molar-refractivity contribution < 1.29 is 33.7 Å². The van der Waals surface area contributed by atoms with Crippen LogP contribution in [-0.4, -0.2) is 87.8 Å². The Bertz CT molecular complexity index is 2100. The quantitative estimate of drug-likeness (QED) is 0.167. The molecule has 2 fully saturated rings. The lowest BCUT2D eigenvalue weighted by molar-refractivity contribution is -0.144. The first-order valence-electron chi connectivity index (χ1n) is 19.0. The Balaban J connectivity index is 1.24. The molecule has 4 atom stereocenters. The molecule has 2 N–H and O–H groups in total. The second-order valence-electron chi connectivity index (χ2n) is 15.1. The number of carboxylic acids is 1. The molecule has 290 valence electrons. The predicted octanol–water partition coefficient (Wildman–Crippen LogP) is 7.34. The number of hydrogen-bond donors (Lipinski definition) is 2. The summed E-state index contributed by atoms with van der Waals surface area (Å²) in [6.07, 6.45) is 7.24. The number of thiazole rings is 1. The van der Waals surface area contributed by atoms with Crippen LogP contribution in [0.2, 0.25) is 0 Å². The van der Waals surface area contributed by atoms with Crippen LogP contribution in [0.5, 0.6) is 17.2 Å². The van der Waals surface area contributed by atoms with E-state index in [2.05, 4.69) is 19.2 Å². The average Bonchev–Trinajstić information content (AvgIpc) is 3.47. The van der Waals surface area contributed by atoms with E-state index in [1.54, 1.807) is 24.0 Å². The van der Waals surface area contributed by atoms with E-state index in [4.69, 9.17) is 24.2 Å². The van der Waals surface area contributed by atoms with Crippen LogP contribution in [-0.2, 0) is 16.1 Å². The number of rotatable bonds is 9. The number of carboxylic acid groups (broad SMARTS) is 1. The van der Waals surface area contributed by atoms with Crippen LogP contribution in [0, 0.1) is 12.8 Å². The van der Waals surface area contributed by atoms with Gasteiger partial charge >= 0.3 is 12.0 Å². The Morgan fingerprint density at radius 2 is 1.85 bits per heavy atom. The minimum atomic E-state index is -1.40. The third-order valence-corrected chi connectivity index (χ3v) is 11.9. The summed E-state index contributed by atoms with van der Waals surface area (Å²) in [5.41, 5.74) is 2.71. The highest BCUT2D eigenvalue weighted by atomic mass is 32.1. The molecule has 55 heavy (non-hydrogen) atoms. The van der Waals surface area contributed by atoms with Crippen molar-refractivity contribution in [1.29, 1.82) is 0 Å². The molecule has 7 rings (SSSR count). The van der Waals surface area contributed by atoms with Crippen molar-refractivity contribution in [3.63, 3.8) is 0 Å². The van der Waals surface area contributed by atoms with Crippen molar-refractivity contribution in [2.24, 2.45) is 5.92 Å². The van der Waals surface area contributed by atoms with E-state index < -0.39 is 29.6 Å². The zero-order chi connectivity index (χ0) is 38.9. The molecular weight excluding hydrogens is 719 g/mol. The number of benzene rings is 2. The van der Waals surface area contributed by atoms with Crippen LogP contribution in [0.1, 0.15) is 75.1 Å². The van der Waals surface area contributed by atoms with Gasteiger partial charge in [-0.1, -0.05) is 44.6 Å². The van der Waals surface area contributed by atoms with E-state index >= 15 is 0 Å². The van der Waals surface area contributed by atoms with Crippen molar-refractivity contribution in [3.05, 3.63) is 76.8 Å². The number of amides is 3. The maximum Gasteiger partial charge on any atom is 0.330 e. The van der Waals surface area contributed by atoms with Crippen molar-refractivity contribution in [3.8, 4) is 28.0 Å². The van der Waals surface area contributed by atoms with E-state index in [1.807, 2.05) is 66.9 Å². The maximum absolute atomic E-state index is 14.7. The van der Waals surface area contributed by atoms with Crippen molar-refractivity contribution in [2.75, 3.05) is 27.3 Å². The van der Waals surface area contributed by atoms with Crippen LogP contribution < -0.4 is 19.5 Å². The van der Waals surface area contributed by atoms with Crippen molar-refractivity contribution in [1.82, 2.24) is 25.1 Å². The van der Waals surface area contributed by atoms with Crippen molar-refractivity contribution in [2.45, 2.75) is 89.4 Å². The van der Waals surface area contributed by atoms with Gasteiger partial charge in [-0.05, 0) is 68.4 Å². The van der Waals surface area contributed by atoms with Crippen LogP contribution in [0.3, 0.4) is 0 Å². The molecule has 3 amide bonds. The number of nitrogens with one attached hydrogen (secondary N) is 1. The lowest BCUT2D eigenvalue weighted by atomic mass is 10.1. The second kappa shape index (κ2) is 15.9. The molecule has 2 aromatic carbocycles. The molecule has 1 saturated heterocycles. The smallest absolute Gasteiger partial charge is 0.330 e. The van der Waals surface area contributed by atoms with Gasteiger partial charge in [0.25, 0.3) is 0 Å². The molecular formula is C42H49N5O7S. The highest BCUT2D eigenvalue weighted by molar-refractivity contribution is 7.13. The summed E-state index contributed by atoms with van der Waals surface area (Å²) >= 11 is 1.52. The van der Waals surface area contributed by atoms with Gasteiger partial charge in [-0.3, -0.25) is 4.79 Å². The number of pyridine rings is 1. The first-order valence-corrected chi connectivity index (χ1v) is 19.9. The molecule has 0 spiro atoms. The molecule has 0 unspecified atom stereocenters. The van der Waals surface area contributed by atoms with Gasteiger partial charge in [0.2, 0.25) is 5.91 Å². The molecule has 13 heteroatoms. The van der Waals surface area contributed by atoms with E-state index in [1.165, 1.54) is 11.3 Å². The molecule has 4 heterocycles. The largest absolute Gasteiger partial charge is 0.497 e. The topological polar surface area (TPSA) is 143 Å². The van der Waals surface area contributed by atoms with Gasteiger partial charge in [0.15, 0.2) is 0 Å². The summed E-state index contributed by atoms with van der Waals surface area (Å²) in [7, 11) is 3.24. The number of aliphatic carboxylic acids is 1. The third-order valence-electron chi connectivity index (χ3n) is 11.0. The molecule has 1 saturated carbocycles. The van der Waals surface area contributed by atoms with E-state index in [0.717, 1.165) is 58.6 Å². The lowest BCUT2D eigenvalue weighted by Crippen LogP contribution is -2.55. The van der Waals surface area contributed by atoms with Crippen molar-refractivity contribution >= 4 is 40.1 Å². The summed E-state index contributed by atoms with van der Waals surface area (Å²) < 4.78 is 17.8. The minimum absolute atomic E-state index is 0.127. The summed E-state index contributed by atoms with van der Waals surface area (Å²) in [5.74, 6) is 0.331. The maximum atomic E-state index is 14.7. The molecule has 2 aliphatic heterocycles. The van der Waals surface area contributed by atoms with Gasteiger partial charge in [-0.2, -0.15) is 0 Å². The zero-order valence-electron chi connectivity index (χ0n) is 32.0. The van der Waals surface area contributed by atoms with Gasteiger partial charge in [0.05, 0.1) is 32.0 Å². The number of fused-ring (bicyclic) bond motifs is 3. The van der Waals surface area contributed by atoms with Crippen LogP contribution in [0.15, 0.2) is 60.0 Å². The van der Waals surface area contributed by atoms with E-state index in [0.29, 0.717) is 42.2 Å². The Hall–Kier alpha value is -5.17. The second-order valence-corrected chi connectivity index (χ2v) is 15.9. The van der Waals surface area contributed by atoms with Crippen LogP contribution in [0.25, 0.3) is 21.6 Å². The third kappa shape index (κ3) is 7.85. The lowest BCUT2D eigenvalue weighted by Gasteiger charge is -2.32. The zero-order valence-corrected chi connectivity index (χ0v) is 32.9. The number of carbonyl (C=O) groups is 3. The SMILES string of the molecule is COc1ccc(CN2CCCCC/C=C\[C@@H]3C[C@@]3(C(=O)O)NC(=O)[C@@H]3C[C@@H](Oc4cc(-c5nc(C(C)C)cs5)nc5c(C)c(OC)ccc45)CN3C2=O)cc1. The summed E-state index contributed by atoms with van der Waals surface area (Å²) in [4.78, 5) is 54.8. The Kier molecular flexibility index (Phi) is 11.0. The predicted molar refractivity (Wildman–Crippen MR) is 211 cm³/mol. The van der Waals surface area contributed by atoms with Crippen LogP contribution in [0.4, 0.5) is 4.79 Å². The number of hydrogen-bond acceptors (Lipinski definition) is 9. The highest BCUT2D eigenvalue weighted by Crippen LogP contribution is 2.46. The van der Waals surface area contributed by atoms with Gasteiger partial charge < -0.3 is 34.4 Å². The summed E-state index contributed by atoms with van der Waals surface area (Å²) in [6, 6.07) is 12.0. The highest BCUT2D eigenvalue weighted by Gasteiger charge is 2.61. The number of ether oxygens (including phenoxy) is 3. The van der Waals surface area contributed by atoms with Gasteiger partial charge in [-0.15, -0.1) is 11.3 Å². The fourth-order valence-electron chi connectivity index (χ4n) is 7.64. The molecule has 12 nitrogen and oxygen atoms in total. The number of aryl methyl sites for hydroxylation is 1. The van der Waals surface area contributed by atoms with Gasteiger partial charge in [0.1, 0.15) is 45.6 Å². The first-order chi connectivity index (χ1) is 26.5. The van der Waals surface area contributed by atoms with Gasteiger partial charge in [0, 0.05) is 47.8 Å². The first kappa shape index (κ1) is 38.1. The fourth-order valence-corrected chi connectivity index (χ4v) is 8.58. The van der Waals surface area contributed by atoms with Crippen LogP contribution >= 0.6 is 11.3 Å². The fraction of sp³-hybridized carbons (Fsp3) is 0.452. The number of urea groups is 1. The Labute approximate surface area is 325 Å². The number of allylic oxidation sites excluding steroid dienone is 1. The van der Waals surface area contributed by atoms with Gasteiger partial charge in [-0.25, -0.2) is 19.6 Å². The Morgan fingerprint density at radius 1 is 1.05 bits per heavy atom. The number of nitrogens with zero attached hydrogens (tertiary/aromatic N) is 4. The van der Waals surface area contributed by atoms with E-state index in [-0.39, 0.29) is 30.8 Å². The summed E-state index contributed by atoms with van der Waals surface area (Å²) in [5, 5.41) is 16.8. The summed E-state index contributed by atoms with van der Waals surface area (Å²) in [6.45, 7) is 7.12. The molecule has 4 aromatic rings. The minimum Gasteiger partial charge on any atom is -0.497 e. The molecule has 1 aliphatic carbocycles. The average molecular weight is 768 g/mol. The van der Waals surface area contributed by atoms with E-state index in [9.17, 15) is 19.5 Å². The number of carbonyl (C=O) groups excluding carboxylic acids is 2.